The summed E-state index contributed by atoms with van der Waals surface area (Å²) in [4.78, 5) is 27.4. The monoisotopic (exact) mass is 615 g/mol. The summed E-state index contributed by atoms with van der Waals surface area (Å²) < 4.78 is 32.4. The van der Waals surface area contributed by atoms with Gasteiger partial charge in [-0.15, -0.1) is 0 Å². The Morgan fingerprint density at radius 3 is 2.91 bits per heavy atom. The third-order valence-corrected chi connectivity index (χ3v) is 9.52. The van der Waals surface area contributed by atoms with E-state index < -0.39 is 17.3 Å². The lowest BCUT2D eigenvalue weighted by Crippen LogP contribution is -2.43. The third kappa shape index (κ3) is 5.05. The molecule has 0 radical (unpaired) electrons. The van der Waals surface area contributed by atoms with E-state index in [-0.39, 0.29) is 53.5 Å². The molecule has 3 fully saturated rings. The number of aromatic nitrogens is 2. The first-order valence-electron chi connectivity index (χ1n) is 15.3. The van der Waals surface area contributed by atoms with Gasteiger partial charge in [0.1, 0.15) is 29.7 Å². The van der Waals surface area contributed by atoms with Gasteiger partial charge in [0, 0.05) is 42.6 Å². The van der Waals surface area contributed by atoms with Crippen molar-refractivity contribution in [1.29, 1.82) is 5.26 Å². The number of alkyl halides is 1. The van der Waals surface area contributed by atoms with Crippen LogP contribution in [0.1, 0.15) is 36.8 Å². The van der Waals surface area contributed by atoms with Crippen LogP contribution in [0.4, 0.5) is 10.2 Å². The molecule has 3 atom stereocenters. The minimum absolute atomic E-state index is 0.0287. The van der Waals surface area contributed by atoms with Crippen LogP contribution in [0.15, 0.2) is 39.5 Å². The number of aliphatic hydroxyl groups is 1. The highest BCUT2D eigenvalue weighted by molar-refractivity contribution is 6.03. The average molecular weight is 616 g/mol. The molecule has 5 heterocycles. The Morgan fingerprint density at radius 2 is 2.09 bits per heavy atom. The minimum Gasteiger partial charge on any atom is -0.508 e. The molecule has 2 aromatic carbocycles. The summed E-state index contributed by atoms with van der Waals surface area (Å²) in [5.41, 5.74) is 0.344. The van der Waals surface area contributed by atoms with E-state index in [4.69, 9.17) is 23.9 Å². The number of ether oxygens (including phenoxy) is 2. The zero-order valence-corrected chi connectivity index (χ0v) is 25.0. The number of fused-ring (bicyclic) bond motifs is 3. The Balaban J connectivity index is 1.43. The Hall–Kier alpha value is -4.31. The normalized spacial score (nSPS) is 23.7. The van der Waals surface area contributed by atoms with E-state index in [9.17, 15) is 24.7 Å². The van der Waals surface area contributed by atoms with E-state index in [1.54, 1.807) is 31.2 Å². The van der Waals surface area contributed by atoms with Crippen molar-refractivity contribution >= 4 is 27.5 Å². The predicted octanol–water partition coefficient (Wildman–Crippen LogP) is 3.83. The first-order valence-corrected chi connectivity index (χ1v) is 15.3. The molecule has 7 rings (SSSR count). The number of aliphatic hydroxyl groups excluding tert-OH is 1. The van der Waals surface area contributed by atoms with Crippen LogP contribution < -0.4 is 15.3 Å². The van der Waals surface area contributed by atoms with E-state index in [1.165, 1.54) is 6.07 Å². The molecule has 4 aromatic rings. The van der Waals surface area contributed by atoms with Gasteiger partial charge in [-0.2, -0.15) is 15.2 Å². The fourth-order valence-corrected chi connectivity index (χ4v) is 7.37. The van der Waals surface area contributed by atoms with Crippen LogP contribution in [0.2, 0.25) is 0 Å². The second-order valence-electron chi connectivity index (χ2n) is 12.2. The van der Waals surface area contributed by atoms with E-state index >= 15 is 0 Å². The number of aromatic hydroxyl groups is 1. The fourth-order valence-electron chi connectivity index (χ4n) is 7.37. The number of aryl methyl sites for hydroxylation is 1. The lowest BCUT2D eigenvalue weighted by atomic mass is 9.95. The first-order chi connectivity index (χ1) is 21.8. The molecule has 11 nitrogen and oxygen atoms in total. The molecule has 1 unspecified atom stereocenters. The van der Waals surface area contributed by atoms with Gasteiger partial charge in [0.05, 0.1) is 41.9 Å². The largest absolute Gasteiger partial charge is 0.508 e. The molecule has 2 N–H and O–H groups in total. The van der Waals surface area contributed by atoms with Gasteiger partial charge in [-0.1, -0.05) is 12.1 Å². The predicted molar refractivity (Wildman–Crippen MR) is 164 cm³/mol. The molecule has 0 bridgehead atoms. The van der Waals surface area contributed by atoms with Gasteiger partial charge >= 0.3 is 11.6 Å². The van der Waals surface area contributed by atoms with Crippen LogP contribution in [0.5, 0.6) is 11.8 Å². The number of nitrogens with zero attached hydrogens (tertiary/aromatic N) is 5. The van der Waals surface area contributed by atoms with E-state index in [0.29, 0.717) is 66.6 Å². The van der Waals surface area contributed by atoms with Crippen LogP contribution in [0.3, 0.4) is 0 Å². The molecule has 3 saturated heterocycles. The molecule has 0 saturated carbocycles. The summed E-state index contributed by atoms with van der Waals surface area (Å²) in [6, 6.07) is 10.0. The van der Waals surface area contributed by atoms with Crippen molar-refractivity contribution in [2.24, 2.45) is 0 Å². The van der Waals surface area contributed by atoms with Crippen LogP contribution in [-0.2, 0) is 4.74 Å². The Labute approximate surface area is 258 Å². The summed E-state index contributed by atoms with van der Waals surface area (Å²) in [7, 11) is 0. The fraction of sp³-hybridized carbons (Fsp3) is 0.455. The quantitative estimate of drug-likeness (QED) is 0.326. The number of halogens is 1. The van der Waals surface area contributed by atoms with Crippen LogP contribution in [-0.4, -0.2) is 88.9 Å². The second-order valence-corrected chi connectivity index (χ2v) is 12.2. The van der Waals surface area contributed by atoms with E-state index in [2.05, 4.69) is 11.0 Å². The van der Waals surface area contributed by atoms with Gasteiger partial charge < -0.3 is 29.0 Å². The summed E-state index contributed by atoms with van der Waals surface area (Å²) in [6.45, 7) is 4.13. The number of phenols is 1. The standard InChI is InChI=1S/C33H34FN5O6/c1-19-28-27(31(42)45-29(19)25-13-24(41)12-20-4-2-5-21(15-35)26(20)25)30(39-9-11-43-10-6-23(39)17-40)37-32(36-28)44-18-33-7-3-8-38(33)16-22(34)14-33/h2,4-5,12-13,22-23,40-41H,3,6-11,14,16-18H2,1H3/t22-,23?,33+/m1/s1. The summed E-state index contributed by atoms with van der Waals surface area (Å²) in [6.07, 6.45) is 1.74. The molecule has 0 spiro atoms. The summed E-state index contributed by atoms with van der Waals surface area (Å²) in [5, 5.41) is 32.0. The SMILES string of the molecule is Cc1c(-c2cc(O)cc3cccc(C#N)c23)oc(=O)c2c(N3CCOCCC3CO)nc(OC[C@@]34CCCN3C[C@H](F)C4)nc12. The first kappa shape index (κ1) is 29.4. The van der Waals surface area contributed by atoms with Crippen molar-refractivity contribution in [3.63, 3.8) is 0 Å². The molecule has 0 amide bonds. The van der Waals surface area contributed by atoms with Crippen LogP contribution in [0, 0.1) is 18.3 Å². The lowest BCUT2D eigenvalue weighted by Gasteiger charge is -2.32. The zero-order valence-electron chi connectivity index (χ0n) is 25.0. The van der Waals surface area contributed by atoms with Crippen LogP contribution in [0.25, 0.3) is 33.0 Å². The van der Waals surface area contributed by atoms with Crippen molar-refractivity contribution in [1.82, 2.24) is 14.9 Å². The number of anilines is 1. The highest BCUT2D eigenvalue weighted by atomic mass is 19.1. The average Bonchev–Trinajstić information content (AvgIpc) is 3.44. The lowest BCUT2D eigenvalue weighted by molar-refractivity contribution is 0.107. The number of phenolic OH excluding ortho intramolecular Hbond substituents is 1. The van der Waals surface area contributed by atoms with Gasteiger partial charge in [0.15, 0.2) is 5.82 Å². The Morgan fingerprint density at radius 1 is 1.22 bits per heavy atom. The van der Waals surface area contributed by atoms with Gasteiger partial charge in [-0.05, 0) is 56.3 Å². The molecule has 3 aliphatic rings. The highest BCUT2D eigenvalue weighted by Crippen LogP contribution is 2.42. The smallest absolute Gasteiger partial charge is 0.349 e. The molecular weight excluding hydrogens is 581 g/mol. The Kier molecular flexibility index (Phi) is 7.55. The number of hydrogen-bond acceptors (Lipinski definition) is 11. The summed E-state index contributed by atoms with van der Waals surface area (Å²) >= 11 is 0. The maximum Gasteiger partial charge on any atom is 0.349 e. The molecule has 45 heavy (non-hydrogen) atoms. The maximum atomic E-state index is 14.5. The summed E-state index contributed by atoms with van der Waals surface area (Å²) in [5.74, 6) is 0.360. The van der Waals surface area contributed by atoms with E-state index in [0.717, 1.165) is 19.4 Å². The number of hydrogen-bond donors (Lipinski definition) is 2. The third-order valence-electron chi connectivity index (χ3n) is 9.52. The van der Waals surface area contributed by atoms with Gasteiger partial charge in [0.2, 0.25) is 0 Å². The van der Waals surface area contributed by atoms with Crippen molar-refractivity contribution in [2.45, 2.75) is 50.4 Å². The van der Waals surface area contributed by atoms with Crippen molar-refractivity contribution in [2.75, 3.05) is 51.0 Å². The van der Waals surface area contributed by atoms with Crippen molar-refractivity contribution < 1.29 is 28.5 Å². The van der Waals surface area contributed by atoms with Gasteiger partial charge in [0.25, 0.3) is 0 Å². The Bertz CT molecular complexity index is 1890. The van der Waals surface area contributed by atoms with Crippen molar-refractivity contribution in [3.8, 4) is 29.2 Å². The maximum absolute atomic E-state index is 14.5. The van der Waals surface area contributed by atoms with Crippen LogP contribution >= 0.6 is 0 Å². The highest BCUT2D eigenvalue weighted by Gasteiger charge is 2.49. The molecule has 2 aromatic heterocycles. The molecule has 0 aliphatic carbocycles. The number of benzene rings is 2. The van der Waals surface area contributed by atoms with E-state index in [1.807, 2.05) is 4.90 Å². The second kappa shape index (κ2) is 11.6. The topological polar surface area (TPSA) is 145 Å². The van der Waals surface area contributed by atoms with Crippen molar-refractivity contribution in [3.05, 3.63) is 51.9 Å². The van der Waals surface area contributed by atoms with Gasteiger partial charge in [-0.25, -0.2) is 9.18 Å². The molecule has 12 heteroatoms. The molecular formula is C33H34FN5O6. The minimum atomic E-state index is -0.922. The number of nitriles is 1. The van der Waals surface area contributed by atoms with Gasteiger partial charge in [-0.3, -0.25) is 4.90 Å². The molecule has 234 valence electrons. The molecule has 3 aliphatic heterocycles. The zero-order chi connectivity index (χ0) is 31.3. The number of rotatable bonds is 6.